The van der Waals surface area contributed by atoms with Crippen molar-refractivity contribution in [3.8, 4) is 0 Å². The second-order valence-corrected chi connectivity index (χ2v) is 6.06. The van der Waals surface area contributed by atoms with Gasteiger partial charge in [0.1, 0.15) is 0 Å². The summed E-state index contributed by atoms with van der Waals surface area (Å²) in [5, 5.41) is 19.5. The van der Waals surface area contributed by atoms with Crippen molar-refractivity contribution in [2.75, 3.05) is 6.54 Å². The van der Waals surface area contributed by atoms with Gasteiger partial charge in [-0.3, -0.25) is 19.8 Å². The fourth-order valence-corrected chi connectivity index (χ4v) is 2.27. The molecule has 18 heavy (non-hydrogen) atoms. The molecule has 100 valence electrons. The number of carbonyl (C=O) groups is 1. The number of nitro groups is 1. The van der Waals surface area contributed by atoms with E-state index >= 15 is 0 Å². The molecule has 0 fully saturated rings. The predicted octanol–water partition coefficient (Wildman–Crippen LogP) is 2.34. The molecule has 0 aliphatic carbocycles. The Balaban J connectivity index is 2.82. The minimum Gasteiger partial charge on any atom is -0.480 e. The highest BCUT2D eigenvalue weighted by molar-refractivity contribution is 7.15. The van der Waals surface area contributed by atoms with E-state index in [1.165, 1.54) is 6.07 Å². The van der Waals surface area contributed by atoms with Gasteiger partial charge in [-0.15, -0.1) is 0 Å². The average molecular weight is 272 g/mol. The molecule has 1 heterocycles. The van der Waals surface area contributed by atoms with Gasteiger partial charge in [0.15, 0.2) is 0 Å². The molecule has 0 aliphatic heterocycles. The summed E-state index contributed by atoms with van der Waals surface area (Å²) >= 11 is 1.08. The smallest absolute Gasteiger partial charge is 0.324 e. The van der Waals surface area contributed by atoms with Gasteiger partial charge < -0.3 is 5.11 Å². The van der Waals surface area contributed by atoms with Crippen LogP contribution >= 0.6 is 11.3 Å². The Bertz CT molecular complexity index is 450. The molecule has 1 rings (SSSR count). The molecule has 0 spiro atoms. The Morgan fingerprint density at radius 2 is 2.11 bits per heavy atom. The third kappa shape index (κ3) is 4.08. The van der Waals surface area contributed by atoms with Crippen molar-refractivity contribution in [2.24, 2.45) is 0 Å². The highest BCUT2D eigenvalue weighted by Gasteiger charge is 2.24. The lowest BCUT2D eigenvalue weighted by molar-refractivity contribution is -0.380. The Morgan fingerprint density at radius 3 is 2.50 bits per heavy atom. The molecule has 0 bridgehead atoms. The quantitative estimate of drug-likeness (QED) is 0.657. The van der Waals surface area contributed by atoms with E-state index in [0.717, 1.165) is 16.2 Å². The first-order valence-corrected chi connectivity index (χ1v) is 6.22. The molecule has 6 nitrogen and oxygen atoms in total. The molecule has 0 amide bonds. The van der Waals surface area contributed by atoms with Crippen LogP contribution in [0.2, 0.25) is 0 Å². The Labute approximate surface area is 109 Å². The Hall–Kier alpha value is -1.47. The van der Waals surface area contributed by atoms with Gasteiger partial charge in [0.05, 0.1) is 11.5 Å². The zero-order valence-electron chi connectivity index (χ0n) is 10.5. The SMILES string of the molecule is CC(C)(C)N(CC(=O)O)Cc1ccc([N+](=O)[O-])s1. The van der Waals surface area contributed by atoms with E-state index in [4.69, 9.17) is 5.11 Å². The zero-order chi connectivity index (χ0) is 13.9. The van der Waals surface area contributed by atoms with Gasteiger partial charge in [-0.1, -0.05) is 11.3 Å². The second-order valence-electron chi connectivity index (χ2n) is 4.92. The zero-order valence-corrected chi connectivity index (χ0v) is 11.4. The Morgan fingerprint density at radius 1 is 1.50 bits per heavy atom. The normalized spacial score (nSPS) is 11.8. The van der Waals surface area contributed by atoms with Crippen molar-refractivity contribution in [1.29, 1.82) is 0 Å². The number of rotatable bonds is 5. The summed E-state index contributed by atoms with van der Waals surface area (Å²) in [6.07, 6.45) is 0. The van der Waals surface area contributed by atoms with Gasteiger partial charge in [0, 0.05) is 23.0 Å². The van der Waals surface area contributed by atoms with Gasteiger partial charge in [0.2, 0.25) is 0 Å². The predicted molar refractivity (Wildman–Crippen MR) is 68.8 cm³/mol. The van der Waals surface area contributed by atoms with Gasteiger partial charge in [-0.05, 0) is 26.8 Å². The van der Waals surface area contributed by atoms with E-state index in [-0.39, 0.29) is 17.1 Å². The monoisotopic (exact) mass is 272 g/mol. The van der Waals surface area contributed by atoms with E-state index in [0.29, 0.717) is 6.54 Å². The molecular weight excluding hydrogens is 256 g/mol. The number of hydrogen-bond donors (Lipinski definition) is 1. The van der Waals surface area contributed by atoms with Gasteiger partial charge >= 0.3 is 11.0 Å². The highest BCUT2D eigenvalue weighted by Crippen LogP contribution is 2.27. The molecule has 0 saturated carbocycles. The number of thiophene rings is 1. The van der Waals surface area contributed by atoms with Crippen molar-refractivity contribution in [3.63, 3.8) is 0 Å². The van der Waals surface area contributed by atoms with Crippen LogP contribution < -0.4 is 0 Å². The number of hydrogen-bond acceptors (Lipinski definition) is 5. The summed E-state index contributed by atoms with van der Waals surface area (Å²) in [4.78, 5) is 23.5. The van der Waals surface area contributed by atoms with Crippen molar-refractivity contribution in [3.05, 3.63) is 27.1 Å². The first-order valence-electron chi connectivity index (χ1n) is 5.40. The third-order valence-corrected chi connectivity index (χ3v) is 3.47. The molecule has 7 heteroatoms. The van der Waals surface area contributed by atoms with Crippen molar-refractivity contribution >= 4 is 22.3 Å². The van der Waals surface area contributed by atoms with Crippen LogP contribution in [0.4, 0.5) is 5.00 Å². The maximum atomic E-state index is 10.8. The van der Waals surface area contributed by atoms with Crippen LogP contribution in [0.3, 0.4) is 0 Å². The second kappa shape index (κ2) is 5.45. The maximum absolute atomic E-state index is 10.8. The molecule has 0 unspecified atom stereocenters. The molecule has 0 atom stereocenters. The first kappa shape index (κ1) is 14.6. The van der Waals surface area contributed by atoms with Crippen molar-refractivity contribution in [1.82, 2.24) is 4.90 Å². The average Bonchev–Trinajstić information content (AvgIpc) is 2.63. The van der Waals surface area contributed by atoms with Crippen LogP contribution in [-0.4, -0.2) is 33.0 Å². The van der Waals surface area contributed by atoms with Crippen molar-refractivity contribution in [2.45, 2.75) is 32.9 Å². The highest BCUT2D eigenvalue weighted by atomic mass is 32.1. The molecule has 0 aromatic carbocycles. The molecular formula is C11H16N2O4S. The van der Waals surface area contributed by atoms with E-state index in [1.54, 1.807) is 11.0 Å². The standard InChI is InChI=1S/C11H16N2O4S/c1-11(2,3)12(7-10(14)15)6-8-4-5-9(18-8)13(16)17/h4-5H,6-7H2,1-3H3,(H,14,15). The fourth-order valence-electron chi connectivity index (χ4n) is 1.43. The van der Waals surface area contributed by atoms with Crippen LogP contribution in [0.15, 0.2) is 12.1 Å². The van der Waals surface area contributed by atoms with Crippen LogP contribution in [0.25, 0.3) is 0 Å². The summed E-state index contributed by atoms with van der Waals surface area (Å²) in [6, 6.07) is 3.12. The first-order chi connectivity index (χ1) is 8.20. The fraction of sp³-hybridized carbons (Fsp3) is 0.545. The summed E-state index contributed by atoms with van der Waals surface area (Å²) in [7, 11) is 0. The Kier molecular flexibility index (Phi) is 4.42. The maximum Gasteiger partial charge on any atom is 0.324 e. The lowest BCUT2D eigenvalue weighted by Crippen LogP contribution is -2.43. The summed E-state index contributed by atoms with van der Waals surface area (Å²) in [5.41, 5.74) is -0.308. The number of nitrogens with zero attached hydrogens (tertiary/aromatic N) is 2. The molecule has 1 N–H and O–H groups in total. The minimum absolute atomic E-state index is 0.0779. The van der Waals surface area contributed by atoms with E-state index in [1.807, 2.05) is 20.8 Å². The number of aliphatic carboxylic acids is 1. The van der Waals surface area contributed by atoms with E-state index in [9.17, 15) is 14.9 Å². The molecule has 1 aromatic rings. The van der Waals surface area contributed by atoms with Gasteiger partial charge in [0.25, 0.3) is 0 Å². The summed E-state index contributed by atoms with van der Waals surface area (Å²) in [6.45, 7) is 6.05. The molecule has 0 radical (unpaired) electrons. The number of carboxylic acids is 1. The van der Waals surface area contributed by atoms with E-state index in [2.05, 4.69) is 0 Å². The number of carboxylic acid groups (broad SMARTS) is 1. The van der Waals surface area contributed by atoms with Crippen LogP contribution in [0, 0.1) is 10.1 Å². The lowest BCUT2D eigenvalue weighted by atomic mass is 10.1. The summed E-state index contributed by atoms with van der Waals surface area (Å²) < 4.78 is 0. The van der Waals surface area contributed by atoms with Crippen LogP contribution in [0.5, 0.6) is 0 Å². The topological polar surface area (TPSA) is 83.7 Å². The van der Waals surface area contributed by atoms with Crippen LogP contribution in [-0.2, 0) is 11.3 Å². The van der Waals surface area contributed by atoms with Crippen molar-refractivity contribution < 1.29 is 14.8 Å². The molecule has 0 saturated heterocycles. The third-order valence-electron chi connectivity index (χ3n) is 2.45. The van der Waals surface area contributed by atoms with Gasteiger partial charge in [-0.2, -0.15) is 0 Å². The molecule has 0 aliphatic rings. The largest absolute Gasteiger partial charge is 0.480 e. The summed E-state index contributed by atoms with van der Waals surface area (Å²) in [5.74, 6) is -0.906. The van der Waals surface area contributed by atoms with Crippen LogP contribution in [0.1, 0.15) is 25.6 Å². The minimum atomic E-state index is -0.906. The van der Waals surface area contributed by atoms with E-state index < -0.39 is 10.9 Å². The molecule has 1 aromatic heterocycles. The van der Waals surface area contributed by atoms with Gasteiger partial charge in [-0.25, -0.2) is 0 Å². The lowest BCUT2D eigenvalue weighted by Gasteiger charge is -2.33.